The van der Waals surface area contributed by atoms with Crippen molar-refractivity contribution in [1.82, 2.24) is 0 Å². The van der Waals surface area contributed by atoms with E-state index in [-0.39, 0.29) is 5.12 Å². The van der Waals surface area contributed by atoms with Crippen molar-refractivity contribution in [3.8, 4) is 5.75 Å². The third-order valence-corrected chi connectivity index (χ3v) is 5.19. The summed E-state index contributed by atoms with van der Waals surface area (Å²) in [6.45, 7) is 2.05. The molecule has 0 amide bonds. The number of rotatable bonds is 3. The molecule has 22 heavy (non-hydrogen) atoms. The highest BCUT2D eigenvalue weighted by Gasteiger charge is 2.22. The number of benzene rings is 2. The summed E-state index contributed by atoms with van der Waals surface area (Å²) in [4.78, 5) is 16.5. The van der Waals surface area contributed by atoms with Crippen molar-refractivity contribution in [2.75, 3.05) is 12.9 Å². The standard InChI is InChI=1S/C17H15NO2S2/c1-3-21-17-18-14(16(19)22-17)10-11-8-9-15(20-2)13-7-5-4-6-12(11)13/h4-10H,3H2,1-2H3. The first kappa shape index (κ1) is 15.2. The van der Waals surface area contributed by atoms with Gasteiger partial charge in [0.1, 0.15) is 15.8 Å². The fraction of sp³-hybridized carbons (Fsp3) is 0.176. The van der Waals surface area contributed by atoms with Crippen molar-refractivity contribution in [2.45, 2.75) is 6.92 Å². The fourth-order valence-corrected chi connectivity index (χ4v) is 4.06. The van der Waals surface area contributed by atoms with Gasteiger partial charge in [0.15, 0.2) is 0 Å². The van der Waals surface area contributed by atoms with Crippen LogP contribution in [0.5, 0.6) is 5.75 Å². The Morgan fingerprint density at radius 2 is 2.00 bits per heavy atom. The normalized spacial score (nSPS) is 16.4. The Bertz CT molecular complexity index is 796. The number of thioether (sulfide) groups is 2. The molecular weight excluding hydrogens is 314 g/mol. The molecule has 0 N–H and O–H groups in total. The Hall–Kier alpha value is -1.72. The molecule has 0 aromatic heterocycles. The Morgan fingerprint density at radius 1 is 1.23 bits per heavy atom. The first-order valence-corrected chi connectivity index (χ1v) is 8.74. The quantitative estimate of drug-likeness (QED) is 0.773. The van der Waals surface area contributed by atoms with Gasteiger partial charge in [-0.05, 0) is 40.6 Å². The zero-order valence-corrected chi connectivity index (χ0v) is 14.0. The molecule has 3 rings (SSSR count). The van der Waals surface area contributed by atoms with Crippen LogP contribution in [0.1, 0.15) is 12.5 Å². The minimum absolute atomic E-state index is 0.0100. The summed E-state index contributed by atoms with van der Waals surface area (Å²) in [5.74, 6) is 1.74. The maximum atomic E-state index is 12.1. The van der Waals surface area contributed by atoms with E-state index in [0.717, 1.165) is 32.2 Å². The number of nitrogens with zero attached hydrogens (tertiary/aromatic N) is 1. The third kappa shape index (κ3) is 2.91. The highest BCUT2D eigenvalue weighted by atomic mass is 32.2. The van der Waals surface area contributed by atoms with E-state index >= 15 is 0 Å². The molecule has 0 radical (unpaired) electrons. The summed E-state index contributed by atoms with van der Waals surface area (Å²) in [6, 6.07) is 11.9. The van der Waals surface area contributed by atoms with E-state index < -0.39 is 0 Å². The predicted octanol–water partition coefficient (Wildman–Crippen LogP) is 4.57. The van der Waals surface area contributed by atoms with Gasteiger partial charge in [0.05, 0.1) is 7.11 Å². The molecule has 1 heterocycles. The van der Waals surface area contributed by atoms with Crippen molar-refractivity contribution in [1.29, 1.82) is 0 Å². The van der Waals surface area contributed by atoms with Gasteiger partial charge < -0.3 is 4.74 Å². The lowest BCUT2D eigenvalue weighted by Crippen LogP contribution is -1.90. The molecule has 112 valence electrons. The second kappa shape index (κ2) is 6.58. The molecule has 3 nitrogen and oxygen atoms in total. The lowest BCUT2D eigenvalue weighted by atomic mass is 10.0. The zero-order valence-electron chi connectivity index (χ0n) is 12.3. The van der Waals surface area contributed by atoms with Gasteiger partial charge in [-0.3, -0.25) is 4.79 Å². The fourth-order valence-electron chi connectivity index (χ4n) is 2.32. The predicted molar refractivity (Wildman–Crippen MR) is 96.6 cm³/mol. The van der Waals surface area contributed by atoms with Crippen LogP contribution in [0.2, 0.25) is 0 Å². The van der Waals surface area contributed by atoms with E-state index in [0.29, 0.717) is 5.70 Å². The average molecular weight is 329 g/mol. The van der Waals surface area contributed by atoms with Gasteiger partial charge in [0, 0.05) is 5.39 Å². The van der Waals surface area contributed by atoms with Crippen molar-refractivity contribution < 1.29 is 9.53 Å². The van der Waals surface area contributed by atoms with Crippen LogP contribution in [0.3, 0.4) is 0 Å². The minimum atomic E-state index is 0.0100. The van der Waals surface area contributed by atoms with E-state index in [1.54, 1.807) is 18.9 Å². The van der Waals surface area contributed by atoms with E-state index in [9.17, 15) is 4.79 Å². The number of methoxy groups -OCH3 is 1. The zero-order chi connectivity index (χ0) is 15.5. The summed E-state index contributed by atoms with van der Waals surface area (Å²) in [5.41, 5.74) is 1.49. The SMILES string of the molecule is CCSC1=NC(=Cc2ccc(OC)c3ccccc23)C(=O)S1. The second-order valence-corrected chi connectivity index (χ2v) is 7.11. The van der Waals surface area contributed by atoms with Gasteiger partial charge in [-0.1, -0.05) is 49.0 Å². The highest BCUT2D eigenvalue weighted by Crippen LogP contribution is 2.33. The molecule has 1 aliphatic heterocycles. The van der Waals surface area contributed by atoms with Crippen LogP contribution in [-0.4, -0.2) is 22.4 Å². The number of ether oxygens (including phenoxy) is 1. The Labute approximate surface area is 137 Å². The maximum Gasteiger partial charge on any atom is 0.244 e. The number of carbonyl (C=O) groups excluding carboxylic acids is 1. The van der Waals surface area contributed by atoms with Crippen LogP contribution in [0.25, 0.3) is 16.8 Å². The molecule has 0 saturated heterocycles. The molecule has 0 fully saturated rings. The Balaban J connectivity index is 2.08. The number of hydrogen-bond donors (Lipinski definition) is 0. The molecule has 1 aliphatic rings. The van der Waals surface area contributed by atoms with Crippen molar-refractivity contribution in [3.63, 3.8) is 0 Å². The summed E-state index contributed by atoms with van der Waals surface area (Å²) in [6.07, 6.45) is 1.86. The van der Waals surface area contributed by atoms with E-state index in [2.05, 4.69) is 11.9 Å². The minimum Gasteiger partial charge on any atom is -0.496 e. The maximum absolute atomic E-state index is 12.1. The van der Waals surface area contributed by atoms with Crippen molar-refractivity contribution >= 4 is 49.9 Å². The lowest BCUT2D eigenvalue weighted by Gasteiger charge is -2.08. The van der Waals surface area contributed by atoms with Crippen molar-refractivity contribution in [2.24, 2.45) is 4.99 Å². The molecule has 2 aromatic carbocycles. The molecule has 0 saturated carbocycles. The van der Waals surface area contributed by atoms with E-state index in [4.69, 9.17) is 4.74 Å². The summed E-state index contributed by atoms with van der Waals surface area (Å²) < 4.78 is 6.23. The third-order valence-electron chi connectivity index (χ3n) is 3.30. The summed E-state index contributed by atoms with van der Waals surface area (Å²) in [7, 11) is 1.66. The average Bonchev–Trinajstić information content (AvgIpc) is 2.88. The topological polar surface area (TPSA) is 38.7 Å². The van der Waals surface area contributed by atoms with Gasteiger partial charge >= 0.3 is 0 Å². The highest BCUT2D eigenvalue weighted by molar-refractivity contribution is 8.45. The second-order valence-electron chi connectivity index (χ2n) is 4.63. The van der Waals surface area contributed by atoms with Crippen LogP contribution >= 0.6 is 23.5 Å². The van der Waals surface area contributed by atoms with Crippen LogP contribution < -0.4 is 4.74 Å². The molecule has 0 aliphatic carbocycles. The van der Waals surface area contributed by atoms with E-state index in [1.807, 2.05) is 42.5 Å². The Morgan fingerprint density at radius 3 is 2.73 bits per heavy atom. The molecule has 0 atom stereocenters. The van der Waals surface area contributed by atoms with Crippen LogP contribution in [-0.2, 0) is 4.79 Å². The smallest absolute Gasteiger partial charge is 0.244 e. The first-order valence-electron chi connectivity index (χ1n) is 6.94. The molecule has 0 bridgehead atoms. The van der Waals surface area contributed by atoms with Crippen LogP contribution in [0, 0.1) is 0 Å². The largest absolute Gasteiger partial charge is 0.496 e. The molecule has 5 heteroatoms. The number of aliphatic imine (C=N–C) groups is 1. The number of hydrogen-bond acceptors (Lipinski definition) is 5. The van der Waals surface area contributed by atoms with Gasteiger partial charge in [-0.15, -0.1) is 0 Å². The Kier molecular flexibility index (Phi) is 4.55. The molecular formula is C17H15NO2S2. The summed E-state index contributed by atoms with van der Waals surface area (Å²) in [5, 5.41) is 2.10. The van der Waals surface area contributed by atoms with E-state index in [1.165, 1.54) is 11.8 Å². The molecule has 0 spiro atoms. The number of carbonyl (C=O) groups is 1. The van der Waals surface area contributed by atoms with Gasteiger partial charge in [-0.2, -0.15) is 0 Å². The van der Waals surface area contributed by atoms with Crippen LogP contribution in [0.15, 0.2) is 47.1 Å². The summed E-state index contributed by atoms with van der Waals surface area (Å²) >= 11 is 2.81. The van der Waals surface area contributed by atoms with Gasteiger partial charge in [-0.25, -0.2) is 4.99 Å². The van der Waals surface area contributed by atoms with Crippen LogP contribution in [0.4, 0.5) is 0 Å². The van der Waals surface area contributed by atoms with Crippen molar-refractivity contribution in [3.05, 3.63) is 47.7 Å². The van der Waals surface area contributed by atoms with Gasteiger partial charge in [0.2, 0.25) is 5.12 Å². The lowest BCUT2D eigenvalue weighted by molar-refractivity contribution is -0.107. The van der Waals surface area contributed by atoms with Gasteiger partial charge in [0.25, 0.3) is 0 Å². The molecule has 2 aromatic rings. The molecule has 0 unspecified atom stereocenters. The first-order chi connectivity index (χ1) is 10.7. The number of fused-ring (bicyclic) bond motifs is 1. The monoisotopic (exact) mass is 329 g/mol.